The molecule has 0 aliphatic carbocycles. The molecule has 1 aromatic carbocycles. The molecule has 2 unspecified atom stereocenters. The summed E-state index contributed by atoms with van der Waals surface area (Å²) < 4.78 is 11.9. The number of likely N-dealkylation sites (tertiary alicyclic amines) is 1. The molecule has 1 aromatic rings. The molecule has 5 nitrogen and oxygen atoms in total. The van der Waals surface area contributed by atoms with Gasteiger partial charge in [-0.05, 0) is 64.3 Å². The molecule has 0 radical (unpaired) electrons. The van der Waals surface area contributed by atoms with E-state index in [2.05, 4.69) is 28.2 Å². The lowest BCUT2D eigenvalue weighted by Crippen LogP contribution is -2.55. The predicted molar refractivity (Wildman–Crippen MR) is 103 cm³/mol. The van der Waals surface area contributed by atoms with Gasteiger partial charge in [0.25, 0.3) is 0 Å². The van der Waals surface area contributed by atoms with Gasteiger partial charge in [0.15, 0.2) is 0 Å². The second-order valence-electron chi connectivity index (χ2n) is 7.50. The average molecular weight is 413 g/mol. The molecule has 1 saturated heterocycles. The van der Waals surface area contributed by atoms with Gasteiger partial charge in [-0.3, -0.25) is 0 Å². The van der Waals surface area contributed by atoms with E-state index < -0.39 is 5.60 Å². The van der Waals surface area contributed by atoms with E-state index in [4.69, 9.17) is 9.47 Å². The lowest BCUT2D eigenvalue weighted by Gasteiger charge is -2.40. The number of piperidine rings is 1. The summed E-state index contributed by atoms with van der Waals surface area (Å²) in [5, 5.41) is 3.59. The monoisotopic (exact) mass is 412 g/mol. The Morgan fingerprint density at radius 3 is 2.76 bits per heavy atom. The number of carbonyl (C=O) groups excluding carboxylic acids is 1. The average Bonchev–Trinajstić information content (AvgIpc) is 2.53. The topological polar surface area (TPSA) is 50.8 Å². The molecule has 1 fully saturated rings. The van der Waals surface area contributed by atoms with Crippen LogP contribution in [0.4, 0.5) is 4.79 Å². The molecule has 2 rings (SSSR count). The first-order chi connectivity index (χ1) is 11.7. The van der Waals surface area contributed by atoms with Crippen molar-refractivity contribution in [1.82, 2.24) is 10.2 Å². The number of ether oxygens (including phenoxy) is 2. The van der Waals surface area contributed by atoms with Gasteiger partial charge in [-0.1, -0.05) is 15.9 Å². The number of hydrogen-bond donors (Lipinski definition) is 1. The van der Waals surface area contributed by atoms with E-state index in [0.717, 1.165) is 41.7 Å². The minimum atomic E-state index is -0.470. The zero-order valence-electron chi connectivity index (χ0n) is 15.8. The molecule has 1 N–H and O–H groups in total. The second-order valence-corrected chi connectivity index (χ2v) is 8.36. The molecular formula is C19H29BrN2O3. The van der Waals surface area contributed by atoms with Crippen molar-refractivity contribution < 1.29 is 14.3 Å². The molecule has 0 spiro atoms. The molecule has 0 bridgehead atoms. The van der Waals surface area contributed by atoms with Gasteiger partial charge in [0.05, 0.1) is 7.11 Å². The van der Waals surface area contributed by atoms with E-state index in [-0.39, 0.29) is 18.2 Å². The summed E-state index contributed by atoms with van der Waals surface area (Å²) in [6, 6.07) is 6.28. The summed E-state index contributed by atoms with van der Waals surface area (Å²) in [4.78, 5) is 14.3. The van der Waals surface area contributed by atoms with E-state index in [1.807, 2.05) is 43.9 Å². The highest BCUT2D eigenvalue weighted by atomic mass is 79.9. The number of carbonyl (C=O) groups is 1. The highest BCUT2D eigenvalue weighted by molar-refractivity contribution is 9.10. The van der Waals surface area contributed by atoms with Crippen LogP contribution in [0, 0.1) is 0 Å². The normalized spacial score (nSPS) is 21.1. The largest absolute Gasteiger partial charge is 0.497 e. The van der Waals surface area contributed by atoms with Crippen molar-refractivity contribution in [3.63, 3.8) is 0 Å². The van der Waals surface area contributed by atoms with Gasteiger partial charge in [-0.15, -0.1) is 0 Å². The summed E-state index contributed by atoms with van der Waals surface area (Å²) in [7, 11) is 1.67. The lowest BCUT2D eigenvalue weighted by atomic mass is 9.97. The number of methoxy groups -OCH3 is 1. The predicted octanol–water partition coefficient (Wildman–Crippen LogP) is 4.34. The fourth-order valence-corrected chi connectivity index (χ4v) is 3.44. The van der Waals surface area contributed by atoms with Crippen LogP contribution in [0.25, 0.3) is 0 Å². The van der Waals surface area contributed by atoms with Gasteiger partial charge in [-0.25, -0.2) is 4.79 Å². The Balaban J connectivity index is 1.99. The van der Waals surface area contributed by atoms with Crippen molar-refractivity contribution in [3.8, 4) is 5.75 Å². The van der Waals surface area contributed by atoms with Crippen LogP contribution < -0.4 is 10.1 Å². The Labute approximate surface area is 159 Å². The first kappa shape index (κ1) is 20.0. The summed E-state index contributed by atoms with van der Waals surface area (Å²) >= 11 is 3.59. The molecule has 0 aromatic heterocycles. The zero-order chi connectivity index (χ0) is 18.6. The Morgan fingerprint density at radius 2 is 2.12 bits per heavy atom. The lowest BCUT2D eigenvalue weighted by molar-refractivity contribution is 0.00698. The van der Waals surface area contributed by atoms with Crippen molar-refractivity contribution in [3.05, 3.63) is 28.2 Å². The summed E-state index contributed by atoms with van der Waals surface area (Å²) in [5.41, 5.74) is 0.670. The molecule has 2 atom stereocenters. The van der Waals surface area contributed by atoms with Crippen LogP contribution in [0.15, 0.2) is 22.7 Å². The van der Waals surface area contributed by atoms with Crippen LogP contribution >= 0.6 is 15.9 Å². The molecular weight excluding hydrogens is 384 g/mol. The Hall–Kier alpha value is -1.27. The first-order valence-corrected chi connectivity index (χ1v) is 9.56. The maximum Gasteiger partial charge on any atom is 0.410 e. The molecule has 1 aliphatic heterocycles. The third-order valence-corrected chi connectivity index (χ3v) is 5.20. The van der Waals surface area contributed by atoms with Crippen LogP contribution in [0.3, 0.4) is 0 Å². The van der Waals surface area contributed by atoms with Gasteiger partial charge < -0.3 is 19.7 Å². The van der Waals surface area contributed by atoms with Crippen LogP contribution in [0.2, 0.25) is 0 Å². The molecule has 6 heteroatoms. The minimum absolute atomic E-state index is 0.0907. The van der Waals surface area contributed by atoms with Crippen LogP contribution in [0.1, 0.15) is 46.1 Å². The van der Waals surface area contributed by atoms with Crippen LogP contribution in [0.5, 0.6) is 5.75 Å². The van der Waals surface area contributed by atoms with Gasteiger partial charge in [-0.2, -0.15) is 0 Å². The number of rotatable bonds is 4. The van der Waals surface area contributed by atoms with E-state index >= 15 is 0 Å². The third kappa shape index (κ3) is 5.61. The van der Waals surface area contributed by atoms with Crippen molar-refractivity contribution in [2.45, 2.75) is 64.8 Å². The van der Waals surface area contributed by atoms with E-state index in [9.17, 15) is 4.79 Å². The van der Waals surface area contributed by atoms with Gasteiger partial charge in [0, 0.05) is 29.6 Å². The molecule has 0 saturated carbocycles. The van der Waals surface area contributed by atoms with Gasteiger partial charge >= 0.3 is 6.09 Å². The highest BCUT2D eigenvalue weighted by Gasteiger charge is 2.33. The Kier molecular flexibility index (Phi) is 6.74. The molecule has 25 heavy (non-hydrogen) atoms. The van der Waals surface area contributed by atoms with Gasteiger partial charge in [0.2, 0.25) is 0 Å². The second kappa shape index (κ2) is 8.41. The van der Waals surface area contributed by atoms with E-state index in [1.54, 1.807) is 7.11 Å². The summed E-state index contributed by atoms with van der Waals surface area (Å²) in [6.45, 7) is 9.24. The standard InChI is InChI=1S/C19H29BrN2O3/c1-13-17(7-6-10-22(13)18(23)25-19(2,3)4)21-12-14-11-15(24-5)8-9-16(14)20/h8-9,11,13,17,21H,6-7,10,12H2,1-5H3. The third-order valence-electron chi connectivity index (χ3n) is 4.42. The molecule has 1 amide bonds. The van der Waals surface area contributed by atoms with Crippen molar-refractivity contribution in [2.24, 2.45) is 0 Å². The van der Waals surface area contributed by atoms with Crippen molar-refractivity contribution >= 4 is 22.0 Å². The molecule has 1 heterocycles. The number of hydrogen-bond acceptors (Lipinski definition) is 4. The highest BCUT2D eigenvalue weighted by Crippen LogP contribution is 2.24. The maximum atomic E-state index is 12.4. The van der Waals surface area contributed by atoms with Crippen molar-refractivity contribution in [2.75, 3.05) is 13.7 Å². The molecule has 1 aliphatic rings. The Bertz CT molecular complexity index is 601. The summed E-state index contributed by atoms with van der Waals surface area (Å²) in [5.74, 6) is 0.840. The SMILES string of the molecule is COc1ccc(Br)c(CNC2CCCN(C(=O)OC(C)(C)C)C2C)c1. The first-order valence-electron chi connectivity index (χ1n) is 8.76. The number of halogens is 1. The zero-order valence-corrected chi connectivity index (χ0v) is 17.4. The maximum absolute atomic E-state index is 12.4. The fraction of sp³-hybridized carbons (Fsp3) is 0.632. The smallest absolute Gasteiger partial charge is 0.410 e. The van der Waals surface area contributed by atoms with Gasteiger partial charge in [0.1, 0.15) is 11.4 Å². The number of nitrogens with one attached hydrogen (secondary N) is 1. The fourth-order valence-electron chi connectivity index (χ4n) is 3.05. The quantitative estimate of drug-likeness (QED) is 0.798. The van der Waals surface area contributed by atoms with Crippen molar-refractivity contribution in [1.29, 1.82) is 0 Å². The minimum Gasteiger partial charge on any atom is -0.497 e. The van der Waals surface area contributed by atoms with Crippen LogP contribution in [-0.2, 0) is 11.3 Å². The number of amides is 1. The number of benzene rings is 1. The van der Waals surface area contributed by atoms with Crippen LogP contribution in [-0.4, -0.2) is 42.3 Å². The summed E-state index contributed by atoms with van der Waals surface area (Å²) in [6.07, 6.45) is 1.79. The van der Waals surface area contributed by atoms with E-state index in [0.29, 0.717) is 0 Å². The van der Waals surface area contributed by atoms with E-state index in [1.165, 1.54) is 0 Å². The molecule has 140 valence electrons. The Morgan fingerprint density at radius 1 is 1.40 bits per heavy atom. The number of nitrogens with zero attached hydrogens (tertiary/aromatic N) is 1.